The minimum Gasteiger partial charge on any atom is -0.483 e. The van der Waals surface area contributed by atoms with Gasteiger partial charge in [-0.2, -0.15) is 0 Å². The number of hydrogen-bond acceptors (Lipinski definition) is 5. The number of fused-ring (bicyclic) bond motifs is 2. The van der Waals surface area contributed by atoms with Gasteiger partial charge in [0.05, 0.1) is 12.2 Å². The van der Waals surface area contributed by atoms with Crippen LogP contribution in [0.25, 0.3) is 0 Å². The summed E-state index contributed by atoms with van der Waals surface area (Å²) in [6.45, 7) is 3.34. The molecule has 184 valence electrons. The Balaban J connectivity index is 1.59. The highest BCUT2D eigenvalue weighted by atomic mass is 16.5. The Kier molecular flexibility index (Phi) is 9.15. The molecule has 2 aliphatic rings. The summed E-state index contributed by atoms with van der Waals surface area (Å²) in [5.41, 5.74) is 2.28. The second kappa shape index (κ2) is 11.8. The van der Waals surface area contributed by atoms with Crippen molar-refractivity contribution in [3.8, 4) is 5.75 Å². The maximum atomic E-state index is 12.0. The van der Waals surface area contributed by atoms with Gasteiger partial charge in [0.25, 0.3) is 5.91 Å². The molecule has 6 atom stereocenters. The zero-order chi connectivity index (χ0) is 24.0. The van der Waals surface area contributed by atoms with E-state index in [0.29, 0.717) is 17.6 Å². The smallest absolute Gasteiger partial charge is 0.325 e. The fourth-order valence-electron chi connectivity index (χ4n) is 5.59. The summed E-state index contributed by atoms with van der Waals surface area (Å²) in [5, 5.41) is 32.5. The number of aliphatic hydroxyl groups is 2. The van der Waals surface area contributed by atoms with Crippen LogP contribution in [-0.4, -0.2) is 52.1 Å². The zero-order valence-corrected chi connectivity index (χ0v) is 19.8. The average molecular weight is 462 g/mol. The minimum atomic E-state index is -1.09. The predicted octanol–water partition coefficient (Wildman–Crippen LogP) is 3.09. The molecular weight excluding hydrogens is 422 g/mol. The summed E-state index contributed by atoms with van der Waals surface area (Å²) in [6.07, 6.45) is 7.59. The molecule has 7 heteroatoms. The number of carbonyl (C=O) groups excluding carboxylic acids is 1. The summed E-state index contributed by atoms with van der Waals surface area (Å²) in [6, 6.07) is 4.90. The van der Waals surface area contributed by atoms with Crippen LogP contribution in [0.5, 0.6) is 5.75 Å². The Morgan fingerprint density at radius 2 is 2.00 bits per heavy atom. The molecule has 1 aromatic carbocycles. The highest BCUT2D eigenvalue weighted by Crippen LogP contribution is 2.48. The van der Waals surface area contributed by atoms with Gasteiger partial charge in [0.1, 0.15) is 11.8 Å². The molecule has 0 saturated heterocycles. The highest BCUT2D eigenvalue weighted by Gasteiger charge is 2.44. The van der Waals surface area contributed by atoms with Gasteiger partial charge >= 0.3 is 5.97 Å². The van der Waals surface area contributed by atoms with Gasteiger partial charge in [0.15, 0.2) is 6.61 Å². The van der Waals surface area contributed by atoms with Gasteiger partial charge in [-0.1, -0.05) is 38.3 Å². The molecule has 1 fully saturated rings. The van der Waals surface area contributed by atoms with Crippen LogP contribution in [0.2, 0.25) is 0 Å². The van der Waals surface area contributed by atoms with Crippen LogP contribution in [0.15, 0.2) is 18.2 Å². The van der Waals surface area contributed by atoms with Crippen LogP contribution in [0.1, 0.15) is 69.9 Å². The fourth-order valence-corrected chi connectivity index (χ4v) is 5.59. The van der Waals surface area contributed by atoms with E-state index in [0.717, 1.165) is 63.4 Å². The Hall–Kier alpha value is -2.12. The lowest BCUT2D eigenvalue weighted by Gasteiger charge is -2.32. The van der Waals surface area contributed by atoms with Gasteiger partial charge < -0.3 is 25.4 Å². The number of amides is 1. The van der Waals surface area contributed by atoms with Gasteiger partial charge in [-0.3, -0.25) is 9.59 Å². The van der Waals surface area contributed by atoms with Crippen LogP contribution in [0, 0.1) is 17.8 Å². The molecule has 0 heterocycles. The molecule has 1 saturated carbocycles. The number of ether oxygens (including phenoxy) is 1. The molecule has 0 aliphatic heterocycles. The van der Waals surface area contributed by atoms with E-state index < -0.39 is 17.9 Å². The van der Waals surface area contributed by atoms with Gasteiger partial charge in [-0.15, -0.1) is 0 Å². The van der Waals surface area contributed by atoms with E-state index >= 15 is 0 Å². The van der Waals surface area contributed by atoms with Crippen molar-refractivity contribution < 1.29 is 29.6 Å². The first-order chi connectivity index (χ1) is 15.8. The van der Waals surface area contributed by atoms with E-state index in [-0.39, 0.29) is 24.7 Å². The number of carboxylic acids is 1. The van der Waals surface area contributed by atoms with Crippen molar-refractivity contribution in [2.24, 2.45) is 17.8 Å². The fraction of sp³-hybridized carbons (Fsp3) is 0.692. The highest BCUT2D eigenvalue weighted by molar-refractivity contribution is 5.84. The molecule has 2 aliphatic carbocycles. The number of hydrogen-bond donors (Lipinski definition) is 4. The van der Waals surface area contributed by atoms with Crippen LogP contribution < -0.4 is 10.1 Å². The lowest BCUT2D eigenvalue weighted by molar-refractivity contribution is -0.141. The second-order valence-corrected chi connectivity index (χ2v) is 9.84. The molecule has 0 radical (unpaired) electrons. The average Bonchev–Trinajstić information content (AvgIpc) is 3.08. The summed E-state index contributed by atoms with van der Waals surface area (Å²) >= 11 is 0. The van der Waals surface area contributed by atoms with E-state index in [9.17, 15) is 19.8 Å². The minimum absolute atomic E-state index is 0.205. The van der Waals surface area contributed by atoms with Gasteiger partial charge in [-0.25, -0.2) is 0 Å². The molecule has 1 amide bonds. The second-order valence-electron chi connectivity index (χ2n) is 9.84. The third-order valence-corrected chi connectivity index (χ3v) is 7.43. The van der Waals surface area contributed by atoms with Crippen LogP contribution >= 0.6 is 0 Å². The summed E-state index contributed by atoms with van der Waals surface area (Å²) in [7, 11) is 0. The lowest BCUT2D eigenvalue weighted by atomic mass is 9.73. The number of carbonyl (C=O) groups is 2. The monoisotopic (exact) mass is 461 g/mol. The normalized spacial score (nSPS) is 25.6. The third-order valence-electron chi connectivity index (χ3n) is 7.43. The largest absolute Gasteiger partial charge is 0.483 e. The number of benzene rings is 1. The van der Waals surface area contributed by atoms with E-state index in [2.05, 4.69) is 18.3 Å². The van der Waals surface area contributed by atoms with Crippen LogP contribution in [0.4, 0.5) is 0 Å². The van der Waals surface area contributed by atoms with Crippen molar-refractivity contribution >= 4 is 11.9 Å². The third kappa shape index (κ3) is 6.70. The van der Waals surface area contributed by atoms with Crippen LogP contribution in [0.3, 0.4) is 0 Å². The summed E-state index contributed by atoms with van der Waals surface area (Å²) in [5.74, 6) is 0.0650. The standard InChI is InChI=1S/C26H39NO6/c1-3-4-5-8-19(28)10-11-20-21-12-17-7-6-9-24(22(17)13-18(21)14-23(20)29)33-15-25(30)27-16(2)26(31)32/h6-7,9,16,18-21,23,28-29H,3-5,8,10-15H2,1-2H3,(H,27,30)(H,31,32)/t16?,18-,19-,20+,21-,23+/m0/s1. The number of nitrogens with one attached hydrogen (secondary N) is 1. The zero-order valence-electron chi connectivity index (χ0n) is 19.8. The summed E-state index contributed by atoms with van der Waals surface area (Å²) in [4.78, 5) is 22.9. The molecule has 1 aromatic rings. The summed E-state index contributed by atoms with van der Waals surface area (Å²) < 4.78 is 5.77. The first kappa shape index (κ1) is 25.5. The Morgan fingerprint density at radius 3 is 2.73 bits per heavy atom. The maximum absolute atomic E-state index is 12.0. The predicted molar refractivity (Wildman–Crippen MR) is 125 cm³/mol. The van der Waals surface area contributed by atoms with E-state index in [4.69, 9.17) is 9.84 Å². The molecular formula is C26H39NO6. The molecule has 4 N–H and O–H groups in total. The molecule has 3 rings (SSSR count). The van der Waals surface area contributed by atoms with Crippen LogP contribution in [-0.2, 0) is 22.4 Å². The number of aliphatic carboxylic acids is 1. The molecule has 0 spiro atoms. The number of aliphatic hydroxyl groups excluding tert-OH is 2. The van der Waals surface area contributed by atoms with Crippen molar-refractivity contribution in [1.29, 1.82) is 0 Å². The van der Waals surface area contributed by atoms with Crippen molar-refractivity contribution in [2.75, 3.05) is 6.61 Å². The lowest BCUT2D eigenvalue weighted by Crippen LogP contribution is -2.40. The molecule has 0 bridgehead atoms. The Bertz CT molecular complexity index is 812. The Morgan fingerprint density at radius 1 is 1.21 bits per heavy atom. The van der Waals surface area contributed by atoms with Gasteiger partial charge in [-0.05, 0) is 80.4 Å². The van der Waals surface area contributed by atoms with Gasteiger partial charge in [0.2, 0.25) is 0 Å². The maximum Gasteiger partial charge on any atom is 0.325 e. The first-order valence-electron chi connectivity index (χ1n) is 12.4. The van der Waals surface area contributed by atoms with Crippen molar-refractivity contribution in [3.05, 3.63) is 29.3 Å². The number of unbranched alkanes of at least 4 members (excludes halogenated alkanes) is 2. The van der Waals surface area contributed by atoms with Crippen molar-refractivity contribution in [3.63, 3.8) is 0 Å². The van der Waals surface area contributed by atoms with Crippen molar-refractivity contribution in [1.82, 2.24) is 5.32 Å². The Labute approximate surface area is 196 Å². The first-order valence-corrected chi connectivity index (χ1v) is 12.4. The van der Waals surface area contributed by atoms with E-state index in [1.165, 1.54) is 12.5 Å². The molecule has 1 unspecified atom stereocenters. The molecule has 33 heavy (non-hydrogen) atoms. The van der Waals surface area contributed by atoms with Gasteiger partial charge in [0, 0.05) is 0 Å². The SMILES string of the molecule is CCCCC[C@H](O)CC[C@@H]1[C@H]2Cc3cccc(OCC(=O)NC(C)C(=O)O)c3C[C@H]2C[C@H]1O. The van der Waals surface area contributed by atoms with Crippen molar-refractivity contribution in [2.45, 2.75) is 89.9 Å². The number of carboxylic acid groups (broad SMARTS) is 1. The quantitative estimate of drug-likeness (QED) is 0.356. The topological polar surface area (TPSA) is 116 Å². The molecule has 0 aromatic heterocycles. The van der Waals surface area contributed by atoms with E-state index in [1.807, 2.05) is 12.1 Å². The van der Waals surface area contributed by atoms with E-state index in [1.54, 1.807) is 0 Å². The molecule has 7 nitrogen and oxygen atoms in total. The number of rotatable bonds is 12.